The van der Waals surface area contributed by atoms with Crippen molar-refractivity contribution in [2.24, 2.45) is 0 Å². The Kier molecular flexibility index (Phi) is 4.29. The summed E-state index contributed by atoms with van der Waals surface area (Å²) in [6.45, 7) is 1.18. The molecule has 2 N–H and O–H groups in total. The SMILES string of the molecule is COC(=O)NC1CCN(c2cc(C(=O)O)cc(Cl)n2)C1. The third-order valence-electron chi connectivity index (χ3n) is 3.05. The third-order valence-corrected chi connectivity index (χ3v) is 3.24. The second-order valence-corrected chi connectivity index (χ2v) is 4.80. The molecule has 108 valence electrons. The van der Waals surface area contributed by atoms with Crippen molar-refractivity contribution in [3.8, 4) is 0 Å². The summed E-state index contributed by atoms with van der Waals surface area (Å²) in [7, 11) is 1.31. The van der Waals surface area contributed by atoms with E-state index in [4.69, 9.17) is 16.7 Å². The Labute approximate surface area is 120 Å². The number of methoxy groups -OCH3 is 1. The maximum absolute atomic E-state index is 11.1. The summed E-state index contributed by atoms with van der Waals surface area (Å²) < 4.78 is 4.54. The molecule has 1 saturated heterocycles. The lowest BCUT2D eigenvalue weighted by Crippen LogP contribution is -2.37. The van der Waals surface area contributed by atoms with E-state index in [1.54, 1.807) is 0 Å². The van der Waals surface area contributed by atoms with Gasteiger partial charge in [-0.15, -0.1) is 0 Å². The summed E-state index contributed by atoms with van der Waals surface area (Å²) in [6, 6.07) is 2.71. The number of pyridine rings is 1. The Bertz CT molecular complexity index is 537. The average Bonchev–Trinajstić information content (AvgIpc) is 2.86. The highest BCUT2D eigenvalue weighted by molar-refractivity contribution is 6.29. The van der Waals surface area contributed by atoms with Gasteiger partial charge in [-0.25, -0.2) is 14.6 Å². The molecule has 20 heavy (non-hydrogen) atoms. The normalized spacial score (nSPS) is 17.9. The van der Waals surface area contributed by atoms with Crippen molar-refractivity contribution in [1.29, 1.82) is 0 Å². The van der Waals surface area contributed by atoms with Crippen molar-refractivity contribution in [3.63, 3.8) is 0 Å². The van der Waals surface area contributed by atoms with Crippen LogP contribution in [0.2, 0.25) is 5.15 Å². The first-order chi connectivity index (χ1) is 9.49. The van der Waals surface area contributed by atoms with Crippen LogP contribution < -0.4 is 10.2 Å². The summed E-state index contributed by atoms with van der Waals surface area (Å²) in [5.74, 6) is -0.567. The molecule has 1 aromatic rings. The molecule has 0 spiro atoms. The lowest BCUT2D eigenvalue weighted by atomic mass is 10.2. The molecule has 0 aromatic carbocycles. The van der Waals surface area contributed by atoms with E-state index >= 15 is 0 Å². The maximum atomic E-state index is 11.1. The van der Waals surface area contributed by atoms with E-state index in [1.165, 1.54) is 19.2 Å². The highest BCUT2D eigenvalue weighted by Gasteiger charge is 2.25. The van der Waals surface area contributed by atoms with Gasteiger partial charge in [0, 0.05) is 13.1 Å². The van der Waals surface area contributed by atoms with Crippen molar-refractivity contribution in [2.45, 2.75) is 12.5 Å². The van der Waals surface area contributed by atoms with Gasteiger partial charge in [0.05, 0.1) is 18.7 Å². The molecule has 2 heterocycles. The molecule has 0 aliphatic carbocycles. The minimum Gasteiger partial charge on any atom is -0.478 e. The van der Waals surface area contributed by atoms with Crippen LogP contribution in [-0.4, -0.2) is 48.4 Å². The summed E-state index contributed by atoms with van der Waals surface area (Å²) in [6.07, 6.45) is 0.244. The van der Waals surface area contributed by atoms with Crippen LogP contribution >= 0.6 is 11.6 Å². The standard InChI is InChI=1S/C12H14ClN3O4/c1-20-12(19)14-8-2-3-16(6-8)10-5-7(11(17)18)4-9(13)15-10/h4-5,8H,2-3,6H2,1H3,(H,14,19)(H,17,18). The van der Waals surface area contributed by atoms with Gasteiger partial charge < -0.3 is 20.1 Å². The number of nitrogens with one attached hydrogen (secondary N) is 1. The molecule has 1 aliphatic heterocycles. The molecule has 0 radical (unpaired) electrons. The molecule has 1 aliphatic rings. The number of carbonyl (C=O) groups is 2. The first-order valence-corrected chi connectivity index (χ1v) is 6.37. The first-order valence-electron chi connectivity index (χ1n) is 6.00. The van der Waals surface area contributed by atoms with Crippen LogP contribution in [-0.2, 0) is 4.74 Å². The van der Waals surface area contributed by atoms with Gasteiger partial charge in [0.25, 0.3) is 0 Å². The minimum atomic E-state index is -1.06. The smallest absolute Gasteiger partial charge is 0.407 e. The van der Waals surface area contributed by atoms with Gasteiger partial charge in [0.1, 0.15) is 11.0 Å². The number of nitrogens with zero attached hydrogens (tertiary/aromatic N) is 2. The van der Waals surface area contributed by atoms with Crippen LogP contribution in [0, 0.1) is 0 Å². The molecule has 1 aromatic heterocycles. The Balaban J connectivity index is 2.10. The van der Waals surface area contributed by atoms with Crippen molar-refractivity contribution in [2.75, 3.05) is 25.1 Å². The third kappa shape index (κ3) is 3.30. The number of halogens is 1. The number of amides is 1. The van der Waals surface area contributed by atoms with Gasteiger partial charge in [0.2, 0.25) is 0 Å². The van der Waals surface area contributed by atoms with E-state index < -0.39 is 12.1 Å². The summed E-state index contributed by atoms with van der Waals surface area (Å²) in [5, 5.41) is 11.8. The zero-order valence-electron chi connectivity index (χ0n) is 10.8. The topological polar surface area (TPSA) is 91.8 Å². The number of alkyl carbamates (subject to hydrolysis) is 1. The highest BCUT2D eigenvalue weighted by atomic mass is 35.5. The molecule has 8 heteroatoms. The number of carboxylic acids is 1. The predicted molar refractivity (Wildman–Crippen MR) is 72.4 cm³/mol. The van der Waals surface area contributed by atoms with Gasteiger partial charge in [-0.05, 0) is 18.6 Å². The zero-order valence-corrected chi connectivity index (χ0v) is 11.6. The van der Waals surface area contributed by atoms with Crippen molar-refractivity contribution >= 4 is 29.5 Å². The van der Waals surface area contributed by atoms with Gasteiger partial charge in [-0.1, -0.05) is 11.6 Å². The van der Waals surface area contributed by atoms with Crippen LogP contribution in [0.15, 0.2) is 12.1 Å². The molecular formula is C12H14ClN3O4. The minimum absolute atomic E-state index is 0.0588. The van der Waals surface area contributed by atoms with E-state index in [9.17, 15) is 9.59 Å². The number of ether oxygens (including phenoxy) is 1. The summed E-state index contributed by atoms with van der Waals surface area (Å²) in [5.41, 5.74) is 0.0874. The monoisotopic (exact) mass is 299 g/mol. The predicted octanol–water partition coefficient (Wildman–Crippen LogP) is 1.37. The zero-order chi connectivity index (χ0) is 14.7. The largest absolute Gasteiger partial charge is 0.478 e. The molecule has 1 fully saturated rings. The van der Waals surface area contributed by atoms with E-state index in [2.05, 4.69) is 15.0 Å². The Morgan fingerprint density at radius 2 is 2.30 bits per heavy atom. The molecule has 1 amide bonds. The van der Waals surface area contributed by atoms with Crippen LogP contribution in [0.5, 0.6) is 0 Å². The Morgan fingerprint density at radius 3 is 2.95 bits per heavy atom. The number of aromatic carboxylic acids is 1. The Hall–Kier alpha value is -2.02. The molecule has 2 rings (SSSR count). The number of rotatable bonds is 3. The number of anilines is 1. The van der Waals surface area contributed by atoms with Gasteiger partial charge in [-0.2, -0.15) is 0 Å². The van der Waals surface area contributed by atoms with Gasteiger partial charge >= 0.3 is 12.1 Å². The fourth-order valence-electron chi connectivity index (χ4n) is 2.08. The summed E-state index contributed by atoms with van der Waals surface area (Å²) >= 11 is 5.82. The van der Waals surface area contributed by atoms with Gasteiger partial charge in [0.15, 0.2) is 0 Å². The first kappa shape index (κ1) is 14.4. The maximum Gasteiger partial charge on any atom is 0.407 e. The van der Waals surface area contributed by atoms with Crippen LogP contribution in [0.4, 0.5) is 10.6 Å². The van der Waals surface area contributed by atoms with E-state index in [-0.39, 0.29) is 16.8 Å². The molecule has 0 bridgehead atoms. The molecule has 1 unspecified atom stereocenters. The molecule has 7 nitrogen and oxygen atoms in total. The fourth-order valence-corrected chi connectivity index (χ4v) is 2.28. The lowest BCUT2D eigenvalue weighted by Gasteiger charge is -2.18. The quantitative estimate of drug-likeness (QED) is 0.819. The number of hydrogen-bond acceptors (Lipinski definition) is 5. The number of carbonyl (C=O) groups excluding carboxylic acids is 1. The highest BCUT2D eigenvalue weighted by Crippen LogP contribution is 2.22. The molecule has 1 atom stereocenters. The molecule has 0 saturated carbocycles. The number of hydrogen-bond donors (Lipinski definition) is 2. The number of aromatic nitrogens is 1. The molecular weight excluding hydrogens is 286 g/mol. The van der Waals surface area contributed by atoms with Gasteiger partial charge in [-0.3, -0.25) is 0 Å². The Morgan fingerprint density at radius 1 is 1.55 bits per heavy atom. The average molecular weight is 300 g/mol. The second-order valence-electron chi connectivity index (χ2n) is 4.41. The van der Waals surface area contributed by atoms with E-state index in [0.29, 0.717) is 18.9 Å². The number of carboxylic acid groups (broad SMARTS) is 1. The van der Waals surface area contributed by atoms with Crippen LogP contribution in [0.3, 0.4) is 0 Å². The van der Waals surface area contributed by atoms with Crippen molar-refractivity contribution in [3.05, 3.63) is 22.8 Å². The van der Waals surface area contributed by atoms with Crippen molar-refractivity contribution in [1.82, 2.24) is 10.3 Å². The lowest BCUT2D eigenvalue weighted by molar-refractivity contribution is 0.0696. The summed E-state index contributed by atoms with van der Waals surface area (Å²) in [4.78, 5) is 28.1. The van der Waals surface area contributed by atoms with Crippen LogP contribution in [0.1, 0.15) is 16.8 Å². The second kappa shape index (κ2) is 5.96. The van der Waals surface area contributed by atoms with E-state index in [0.717, 1.165) is 6.42 Å². The van der Waals surface area contributed by atoms with Crippen molar-refractivity contribution < 1.29 is 19.4 Å². The fraction of sp³-hybridized carbons (Fsp3) is 0.417. The van der Waals surface area contributed by atoms with Crippen LogP contribution in [0.25, 0.3) is 0 Å². The van der Waals surface area contributed by atoms with E-state index in [1.807, 2.05) is 4.90 Å².